The van der Waals surface area contributed by atoms with Crippen LogP contribution in [0.2, 0.25) is 5.02 Å². The first kappa shape index (κ1) is 23.5. The van der Waals surface area contributed by atoms with Gasteiger partial charge in [-0.2, -0.15) is 13.2 Å². The largest absolute Gasteiger partial charge is 0.569 e. The van der Waals surface area contributed by atoms with Gasteiger partial charge in [0.05, 0.1) is 30.7 Å². The molecule has 1 heterocycles. The van der Waals surface area contributed by atoms with Crippen molar-refractivity contribution in [2.24, 2.45) is 5.28 Å². The second-order valence-electron chi connectivity index (χ2n) is 6.19. The van der Waals surface area contributed by atoms with Crippen molar-refractivity contribution in [1.29, 1.82) is 0 Å². The summed E-state index contributed by atoms with van der Waals surface area (Å²) in [4.78, 5) is 16.9. The summed E-state index contributed by atoms with van der Waals surface area (Å²) in [5.74, 6) is -1.29. The minimum absolute atomic E-state index is 0.00327. The molecule has 0 bridgehead atoms. The van der Waals surface area contributed by atoms with Crippen molar-refractivity contribution in [3.05, 3.63) is 39.1 Å². The Kier molecular flexibility index (Phi) is 7.73. The summed E-state index contributed by atoms with van der Waals surface area (Å²) in [7, 11) is 1.34. The lowest BCUT2D eigenvalue weighted by Crippen LogP contribution is -2.41. The maximum atomic E-state index is 13.4. The molecule has 0 radical (unpaired) electrons. The summed E-state index contributed by atoms with van der Waals surface area (Å²) in [6.07, 6.45) is -6.35. The number of likely N-dealkylation sites (N-methyl/N-ethyl adjacent to an activating group) is 1. The number of benzene rings is 1. The lowest BCUT2D eigenvalue weighted by atomic mass is 9.99. The first-order valence-electron chi connectivity index (χ1n) is 8.59. The Labute approximate surface area is 174 Å². The van der Waals surface area contributed by atoms with E-state index in [0.29, 0.717) is 5.56 Å². The maximum Gasteiger partial charge on any atom is 0.430 e. The number of esters is 1. The summed E-state index contributed by atoms with van der Waals surface area (Å²) in [6.45, 7) is 0.400. The molecule has 1 aromatic carbocycles. The molecule has 1 aliphatic rings. The minimum atomic E-state index is -4.86. The van der Waals surface area contributed by atoms with Gasteiger partial charge in [-0.05, 0) is 30.7 Å². The highest BCUT2D eigenvalue weighted by Gasteiger charge is 2.49. The normalized spacial score (nSPS) is 16.3. The van der Waals surface area contributed by atoms with Crippen molar-refractivity contribution in [3.63, 3.8) is 0 Å². The van der Waals surface area contributed by atoms with E-state index in [1.807, 2.05) is 0 Å². The predicted octanol–water partition coefficient (Wildman–Crippen LogP) is 2.63. The van der Waals surface area contributed by atoms with Crippen LogP contribution in [-0.2, 0) is 14.4 Å². The molecule has 0 spiro atoms. The number of aliphatic hydroxyl groups is 1. The number of aryl methyl sites for hydroxylation is 1. The number of halogens is 4. The van der Waals surface area contributed by atoms with Gasteiger partial charge in [0.1, 0.15) is 12.4 Å². The van der Waals surface area contributed by atoms with E-state index < -0.39 is 30.4 Å². The third kappa shape index (κ3) is 5.89. The van der Waals surface area contributed by atoms with Crippen LogP contribution in [0.4, 0.5) is 13.2 Å². The third-order valence-electron chi connectivity index (χ3n) is 3.88. The molecule has 2 rings (SSSR count). The number of carbonyl (C=O) groups excluding carboxylic acids is 1. The van der Waals surface area contributed by atoms with E-state index in [9.17, 15) is 23.2 Å². The van der Waals surface area contributed by atoms with E-state index in [1.54, 1.807) is 0 Å². The molecule has 1 aromatic rings. The lowest BCUT2D eigenvalue weighted by Gasteiger charge is -2.28. The Bertz CT molecular complexity index is 847. The van der Waals surface area contributed by atoms with Crippen LogP contribution in [0, 0.1) is 12.1 Å². The number of hydrogen-bond acceptors (Lipinski definition) is 7. The van der Waals surface area contributed by atoms with Crippen LogP contribution in [-0.4, -0.2) is 66.7 Å². The highest BCUT2D eigenvalue weighted by Crippen LogP contribution is 2.40. The Morgan fingerprint density at radius 2 is 2.13 bits per heavy atom. The van der Waals surface area contributed by atoms with E-state index in [-0.39, 0.29) is 41.1 Å². The van der Waals surface area contributed by atoms with Crippen molar-refractivity contribution in [2.75, 3.05) is 33.4 Å². The summed E-state index contributed by atoms with van der Waals surface area (Å²) >= 11 is 5.92. The molecule has 0 unspecified atom stereocenters. The molecule has 1 aliphatic heterocycles. The Morgan fingerprint density at radius 3 is 2.77 bits per heavy atom. The van der Waals surface area contributed by atoms with Gasteiger partial charge >= 0.3 is 12.1 Å². The molecule has 0 saturated heterocycles. The molecule has 0 aromatic heterocycles. The molecular formula is C17H19ClF3N3O6. The van der Waals surface area contributed by atoms with Crippen molar-refractivity contribution in [3.8, 4) is 5.75 Å². The van der Waals surface area contributed by atoms with E-state index in [2.05, 4.69) is 10.1 Å². The summed E-state index contributed by atoms with van der Waals surface area (Å²) in [5.41, 5.74) is -0.145. The van der Waals surface area contributed by atoms with E-state index in [1.165, 1.54) is 26.1 Å². The van der Waals surface area contributed by atoms with Crippen LogP contribution < -0.4 is 4.74 Å². The molecule has 0 aliphatic carbocycles. The molecule has 9 nitrogen and oxygen atoms in total. The van der Waals surface area contributed by atoms with Gasteiger partial charge < -0.3 is 24.6 Å². The second kappa shape index (κ2) is 9.85. The number of carbonyl (C=O) groups is 1. The zero-order valence-electron chi connectivity index (χ0n) is 16.0. The van der Waals surface area contributed by atoms with Gasteiger partial charge in [-0.3, -0.25) is 0 Å². The average Bonchev–Trinajstić information content (AvgIpc) is 2.65. The van der Waals surface area contributed by atoms with E-state index in [4.69, 9.17) is 26.2 Å². The van der Waals surface area contributed by atoms with Gasteiger partial charge in [0.2, 0.25) is 11.4 Å². The highest BCUT2D eigenvalue weighted by molar-refractivity contribution is 6.30. The third-order valence-corrected chi connectivity index (χ3v) is 4.10. The van der Waals surface area contributed by atoms with Crippen LogP contribution in [0.15, 0.2) is 23.0 Å². The van der Waals surface area contributed by atoms with Crippen molar-refractivity contribution in [1.82, 2.24) is 5.01 Å². The SMILES string of the molecule is Cc1cc(Cl)cc2c1O[C@H](C(F)(F)F)C(C(=O)OCCO/N=[N+](\[O-])N(C)CCO)=C2. The molecule has 30 heavy (non-hydrogen) atoms. The van der Waals surface area contributed by atoms with Crippen LogP contribution in [0.25, 0.3) is 6.08 Å². The fourth-order valence-electron chi connectivity index (χ4n) is 2.50. The number of fused-ring (bicyclic) bond motifs is 1. The number of alkyl halides is 3. The first-order chi connectivity index (χ1) is 14.0. The summed E-state index contributed by atoms with van der Waals surface area (Å²) in [6, 6.07) is 2.82. The number of hydrazine groups is 1. The quantitative estimate of drug-likeness (QED) is 0.212. The predicted molar refractivity (Wildman–Crippen MR) is 97.3 cm³/mol. The summed E-state index contributed by atoms with van der Waals surface area (Å²) < 4.78 is 50.1. The van der Waals surface area contributed by atoms with Crippen LogP contribution >= 0.6 is 11.6 Å². The van der Waals surface area contributed by atoms with Gasteiger partial charge in [0.25, 0.3) is 0 Å². The molecule has 1 N–H and O–H groups in total. The molecule has 1 atom stereocenters. The molecule has 166 valence electrons. The zero-order chi connectivity index (χ0) is 22.5. The van der Waals surface area contributed by atoms with E-state index >= 15 is 0 Å². The number of ether oxygens (including phenoxy) is 2. The zero-order valence-corrected chi connectivity index (χ0v) is 16.7. The van der Waals surface area contributed by atoms with Crippen LogP contribution in [0.1, 0.15) is 11.1 Å². The van der Waals surface area contributed by atoms with Gasteiger partial charge in [0, 0.05) is 10.6 Å². The highest BCUT2D eigenvalue weighted by atomic mass is 35.5. The molecule has 0 fully saturated rings. The number of aliphatic hydroxyl groups excluding tert-OH is 1. The lowest BCUT2D eigenvalue weighted by molar-refractivity contribution is -0.705. The van der Waals surface area contributed by atoms with E-state index in [0.717, 1.165) is 11.1 Å². The second-order valence-corrected chi connectivity index (χ2v) is 6.63. The molecular weight excluding hydrogens is 435 g/mol. The average molecular weight is 454 g/mol. The minimum Gasteiger partial charge on any atom is -0.569 e. The number of nitrogens with zero attached hydrogens (tertiary/aromatic N) is 3. The number of hydrogen-bond donors (Lipinski definition) is 1. The van der Waals surface area contributed by atoms with Gasteiger partial charge in [0.15, 0.2) is 6.61 Å². The van der Waals surface area contributed by atoms with Crippen LogP contribution in [0.3, 0.4) is 0 Å². The van der Waals surface area contributed by atoms with Crippen LogP contribution in [0.5, 0.6) is 5.75 Å². The van der Waals surface area contributed by atoms with Crippen molar-refractivity contribution < 1.29 is 42.4 Å². The monoisotopic (exact) mass is 453 g/mol. The maximum absolute atomic E-state index is 13.4. The Hall–Kier alpha value is -2.73. The molecule has 0 amide bonds. The number of rotatable bonds is 8. The standard InChI is InChI=1S/C17H19ClF3N3O6/c1-10-7-12(18)8-11-9-13(15(17(19,20)21)30-14(10)11)16(26)28-5-6-29-22-24(27)23(2)3-4-25/h7-9,15,25H,3-6H2,1-2H3/b24-22-/t15-/m0/s1. The smallest absolute Gasteiger partial charge is 0.430 e. The molecule has 0 saturated carbocycles. The van der Waals surface area contributed by atoms with Crippen molar-refractivity contribution >= 4 is 23.6 Å². The van der Waals surface area contributed by atoms with Crippen molar-refractivity contribution in [2.45, 2.75) is 19.2 Å². The first-order valence-corrected chi connectivity index (χ1v) is 8.96. The summed E-state index contributed by atoms with van der Waals surface area (Å²) in [5, 5.41) is 24.5. The van der Waals surface area contributed by atoms with Gasteiger partial charge in [-0.25, -0.2) is 4.79 Å². The fraction of sp³-hybridized carbons (Fsp3) is 0.471. The Morgan fingerprint density at radius 1 is 1.43 bits per heavy atom. The topological polar surface area (TPSA) is 107 Å². The van der Waals surface area contributed by atoms with Gasteiger partial charge in [-0.15, -0.1) is 5.01 Å². The fourth-order valence-corrected chi connectivity index (χ4v) is 2.78. The Balaban J connectivity index is 2.06. The van der Waals surface area contributed by atoms with Gasteiger partial charge in [-0.1, -0.05) is 11.6 Å². The molecule has 13 heteroatoms.